The van der Waals surface area contributed by atoms with E-state index in [1.807, 2.05) is 0 Å². The number of nitrogens with one attached hydrogen (secondary N) is 1. The Morgan fingerprint density at radius 1 is 1.29 bits per heavy atom. The van der Waals surface area contributed by atoms with Crippen molar-refractivity contribution in [2.45, 2.75) is 6.54 Å². The van der Waals surface area contributed by atoms with Crippen molar-refractivity contribution in [2.75, 3.05) is 12.4 Å². The smallest absolute Gasteiger partial charge is 0.358 e. The lowest BCUT2D eigenvalue weighted by Gasteiger charge is -2.06. The first-order valence-electron chi connectivity index (χ1n) is 6.00. The van der Waals surface area contributed by atoms with Crippen LogP contribution in [0.5, 0.6) is 0 Å². The van der Waals surface area contributed by atoms with Crippen LogP contribution in [0.15, 0.2) is 36.4 Å². The third-order valence-corrected chi connectivity index (χ3v) is 2.71. The number of benzene rings is 1. The molecule has 0 aliphatic heterocycles. The lowest BCUT2D eigenvalue weighted by Crippen LogP contribution is -2.08. The minimum atomic E-state index is -0.576. The van der Waals surface area contributed by atoms with E-state index >= 15 is 0 Å². The molecule has 0 saturated carbocycles. The Kier molecular flexibility index (Phi) is 4.39. The van der Waals surface area contributed by atoms with Gasteiger partial charge in [0.15, 0.2) is 5.69 Å². The fraction of sp³-hybridized carbons (Fsp3) is 0.154. The predicted octanol–water partition coefficient (Wildman–Crippen LogP) is 1.78. The normalized spacial score (nSPS) is 9.95. The second kappa shape index (κ2) is 6.42. The van der Waals surface area contributed by atoms with E-state index in [9.17, 15) is 14.9 Å². The summed E-state index contributed by atoms with van der Waals surface area (Å²) in [7, 11) is 1.25. The zero-order chi connectivity index (χ0) is 15.2. The molecule has 0 atom stereocenters. The molecule has 2 aromatic rings. The summed E-state index contributed by atoms with van der Waals surface area (Å²) in [4.78, 5) is 21.6. The Balaban J connectivity index is 2.07. The van der Waals surface area contributed by atoms with E-state index in [2.05, 4.69) is 20.3 Å². The molecule has 1 heterocycles. The minimum absolute atomic E-state index is 0.0316. The Morgan fingerprint density at radius 2 is 2.05 bits per heavy atom. The number of nitro benzene ring substituents is 1. The maximum absolute atomic E-state index is 11.2. The van der Waals surface area contributed by atoms with Crippen LogP contribution in [-0.2, 0) is 11.3 Å². The SMILES string of the molecule is COC(=O)c1ccc(NCc2ccccc2[N+](=O)[O-])nn1. The number of esters is 1. The summed E-state index contributed by atoms with van der Waals surface area (Å²) in [5.74, 6) is -0.173. The molecule has 21 heavy (non-hydrogen) atoms. The zero-order valence-electron chi connectivity index (χ0n) is 11.1. The molecule has 0 fully saturated rings. The molecule has 1 aromatic heterocycles. The number of nitro groups is 1. The topological polar surface area (TPSA) is 107 Å². The third-order valence-electron chi connectivity index (χ3n) is 2.71. The molecule has 0 bridgehead atoms. The van der Waals surface area contributed by atoms with Gasteiger partial charge in [0.05, 0.1) is 12.0 Å². The number of ether oxygens (including phenoxy) is 1. The molecule has 0 amide bonds. The van der Waals surface area contributed by atoms with Gasteiger partial charge in [-0.25, -0.2) is 4.79 Å². The summed E-state index contributed by atoms with van der Waals surface area (Å²) < 4.78 is 4.51. The van der Waals surface area contributed by atoms with Gasteiger partial charge in [-0.15, -0.1) is 10.2 Å². The summed E-state index contributed by atoms with van der Waals surface area (Å²) in [6.45, 7) is 0.226. The van der Waals surface area contributed by atoms with Crippen molar-refractivity contribution in [3.8, 4) is 0 Å². The fourth-order valence-corrected chi connectivity index (χ4v) is 1.66. The van der Waals surface area contributed by atoms with E-state index in [-0.39, 0.29) is 17.9 Å². The molecule has 2 rings (SSSR count). The van der Waals surface area contributed by atoms with Crippen LogP contribution in [0.25, 0.3) is 0 Å². The molecule has 1 aromatic carbocycles. The summed E-state index contributed by atoms with van der Waals surface area (Å²) in [5.41, 5.74) is 0.652. The van der Waals surface area contributed by atoms with Crippen molar-refractivity contribution in [3.05, 3.63) is 57.8 Å². The largest absolute Gasteiger partial charge is 0.464 e. The molecule has 0 radical (unpaired) electrons. The fourth-order valence-electron chi connectivity index (χ4n) is 1.66. The Morgan fingerprint density at radius 3 is 2.67 bits per heavy atom. The van der Waals surface area contributed by atoms with Crippen molar-refractivity contribution in [3.63, 3.8) is 0 Å². The lowest BCUT2D eigenvalue weighted by molar-refractivity contribution is -0.385. The maximum atomic E-state index is 11.2. The van der Waals surface area contributed by atoms with Crippen LogP contribution in [0.3, 0.4) is 0 Å². The van der Waals surface area contributed by atoms with Crippen molar-refractivity contribution >= 4 is 17.5 Å². The Labute approximate surface area is 119 Å². The van der Waals surface area contributed by atoms with Crippen LogP contribution in [0.4, 0.5) is 11.5 Å². The molecule has 0 spiro atoms. The number of aromatic nitrogens is 2. The third kappa shape index (κ3) is 3.50. The standard InChI is InChI=1S/C13H12N4O4/c1-21-13(18)10-6-7-12(16-15-10)14-8-9-4-2-3-5-11(9)17(19)20/h2-7H,8H2,1H3,(H,14,16). The number of rotatable bonds is 5. The molecular formula is C13H12N4O4. The monoisotopic (exact) mass is 288 g/mol. The van der Waals surface area contributed by atoms with E-state index < -0.39 is 10.9 Å². The van der Waals surface area contributed by atoms with Gasteiger partial charge in [-0.05, 0) is 12.1 Å². The highest BCUT2D eigenvalue weighted by Gasteiger charge is 2.12. The maximum Gasteiger partial charge on any atom is 0.358 e. The van der Waals surface area contributed by atoms with Gasteiger partial charge in [-0.3, -0.25) is 10.1 Å². The molecule has 8 heteroatoms. The zero-order valence-corrected chi connectivity index (χ0v) is 11.1. The van der Waals surface area contributed by atoms with E-state index in [0.717, 1.165) is 0 Å². The number of carbonyl (C=O) groups is 1. The van der Waals surface area contributed by atoms with Crippen LogP contribution < -0.4 is 5.32 Å². The lowest BCUT2D eigenvalue weighted by atomic mass is 10.2. The van der Waals surface area contributed by atoms with Crippen molar-refractivity contribution in [2.24, 2.45) is 0 Å². The molecular weight excluding hydrogens is 276 g/mol. The first-order valence-corrected chi connectivity index (χ1v) is 6.00. The number of hydrogen-bond acceptors (Lipinski definition) is 7. The number of para-hydroxylation sites is 1. The Bertz CT molecular complexity index is 657. The van der Waals surface area contributed by atoms with Gasteiger partial charge in [0.25, 0.3) is 5.69 Å². The van der Waals surface area contributed by atoms with Crippen LogP contribution in [0, 0.1) is 10.1 Å². The highest BCUT2D eigenvalue weighted by molar-refractivity contribution is 5.86. The first-order chi connectivity index (χ1) is 10.1. The van der Waals surface area contributed by atoms with Crippen LogP contribution in [0.1, 0.15) is 16.1 Å². The number of nitrogens with zero attached hydrogens (tertiary/aromatic N) is 3. The molecule has 0 saturated heterocycles. The van der Waals surface area contributed by atoms with Gasteiger partial charge >= 0.3 is 5.97 Å². The van der Waals surface area contributed by atoms with Gasteiger partial charge in [0.1, 0.15) is 5.82 Å². The number of methoxy groups -OCH3 is 1. The highest BCUT2D eigenvalue weighted by Crippen LogP contribution is 2.18. The number of hydrogen-bond donors (Lipinski definition) is 1. The van der Waals surface area contributed by atoms with Gasteiger partial charge < -0.3 is 10.1 Å². The summed E-state index contributed by atoms with van der Waals surface area (Å²) in [6, 6.07) is 9.42. The number of carbonyl (C=O) groups excluding carboxylic acids is 1. The quantitative estimate of drug-likeness (QED) is 0.507. The number of anilines is 1. The van der Waals surface area contributed by atoms with Crippen LogP contribution in [0.2, 0.25) is 0 Å². The minimum Gasteiger partial charge on any atom is -0.464 e. The van der Waals surface area contributed by atoms with Gasteiger partial charge in [-0.1, -0.05) is 18.2 Å². The summed E-state index contributed by atoms with van der Waals surface area (Å²) >= 11 is 0. The molecule has 0 aliphatic rings. The van der Waals surface area contributed by atoms with E-state index in [0.29, 0.717) is 11.4 Å². The van der Waals surface area contributed by atoms with Crippen LogP contribution >= 0.6 is 0 Å². The van der Waals surface area contributed by atoms with Gasteiger partial charge in [0.2, 0.25) is 0 Å². The average Bonchev–Trinajstić information content (AvgIpc) is 2.52. The molecule has 0 unspecified atom stereocenters. The first kappa shape index (κ1) is 14.4. The second-order valence-corrected chi connectivity index (χ2v) is 4.03. The highest BCUT2D eigenvalue weighted by atomic mass is 16.6. The van der Waals surface area contributed by atoms with E-state index in [1.165, 1.54) is 19.2 Å². The molecule has 0 aliphatic carbocycles. The molecule has 1 N–H and O–H groups in total. The van der Waals surface area contributed by atoms with Crippen molar-refractivity contribution < 1.29 is 14.5 Å². The second-order valence-electron chi connectivity index (χ2n) is 4.03. The van der Waals surface area contributed by atoms with Crippen molar-refractivity contribution in [1.29, 1.82) is 0 Å². The average molecular weight is 288 g/mol. The van der Waals surface area contributed by atoms with E-state index in [4.69, 9.17) is 0 Å². The molecule has 108 valence electrons. The van der Waals surface area contributed by atoms with Crippen LogP contribution in [-0.4, -0.2) is 28.2 Å². The van der Waals surface area contributed by atoms with Crippen molar-refractivity contribution in [1.82, 2.24) is 10.2 Å². The summed E-state index contributed by atoms with van der Waals surface area (Å²) in [5, 5.41) is 21.3. The van der Waals surface area contributed by atoms with Gasteiger partial charge in [0, 0.05) is 18.2 Å². The van der Waals surface area contributed by atoms with E-state index in [1.54, 1.807) is 24.3 Å². The van der Waals surface area contributed by atoms with Gasteiger partial charge in [-0.2, -0.15) is 0 Å². The Hall–Kier alpha value is -3.03. The summed E-state index contributed by atoms with van der Waals surface area (Å²) in [6.07, 6.45) is 0. The molecule has 8 nitrogen and oxygen atoms in total. The predicted molar refractivity (Wildman–Crippen MR) is 73.8 cm³/mol.